The van der Waals surface area contributed by atoms with Crippen molar-refractivity contribution in [2.75, 3.05) is 11.6 Å². The highest BCUT2D eigenvalue weighted by Gasteiger charge is 2.39. The highest BCUT2D eigenvalue weighted by atomic mass is 16.2. The molecule has 150 valence electrons. The van der Waals surface area contributed by atoms with Crippen LogP contribution in [0.4, 0.5) is 5.69 Å². The van der Waals surface area contributed by atoms with Crippen LogP contribution in [-0.4, -0.2) is 38.5 Å². The van der Waals surface area contributed by atoms with E-state index < -0.39 is 0 Å². The smallest absolute Gasteiger partial charge is 0.245 e. The van der Waals surface area contributed by atoms with Crippen molar-refractivity contribution < 1.29 is 4.79 Å². The normalized spacial score (nSPS) is 17.2. The number of carbonyl (C=O) groups excluding carboxylic acids is 1. The van der Waals surface area contributed by atoms with Gasteiger partial charge in [0.05, 0.1) is 12.7 Å². The van der Waals surface area contributed by atoms with E-state index in [-0.39, 0.29) is 11.9 Å². The first-order chi connectivity index (χ1) is 14.7. The van der Waals surface area contributed by atoms with Gasteiger partial charge < -0.3 is 0 Å². The summed E-state index contributed by atoms with van der Waals surface area (Å²) in [5.41, 5.74) is 4.96. The summed E-state index contributed by atoms with van der Waals surface area (Å²) in [5.74, 6) is 0.111. The molecule has 0 N–H and O–H groups in total. The topological polar surface area (TPSA) is 54.3 Å². The third kappa shape index (κ3) is 3.57. The molecule has 0 bridgehead atoms. The predicted molar refractivity (Wildman–Crippen MR) is 117 cm³/mol. The van der Waals surface area contributed by atoms with Crippen molar-refractivity contribution >= 4 is 22.6 Å². The summed E-state index contributed by atoms with van der Waals surface area (Å²) in [6, 6.07) is 25.8. The number of amides is 1. The van der Waals surface area contributed by atoms with Crippen molar-refractivity contribution in [2.45, 2.75) is 26.1 Å². The number of anilines is 1. The maximum absolute atomic E-state index is 13.4. The minimum Gasteiger partial charge on any atom is -0.297 e. The monoisotopic (exact) mass is 397 g/mol. The van der Waals surface area contributed by atoms with Crippen LogP contribution in [0.3, 0.4) is 0 Å². The molecule has 1 atom stereocenters. The number of benzene rings is 3. The first-order valence-electron chi connectivity index (χ1n) is 10.1. The Balaban J connectivity index is 1.45. The van der Waals surface area contributed by atoms with Crippen LogP contribution in [0.2, 0.25) is 0 Å². The molecule has 0 spiro atoms. The van der Waals surface area contributed by atoms with Crippen molar-refractivity contribution in [3.8, 4) is 0 Å². The highest BCUT2D eigenvalue weighted by Crippen LogP contribution is 2.26. The first kappa shape index (κ1) is 18.5. The van der Waals surface area contributed by atoms with Gasteiger partial charge in [-0.25, -0.2) is 0 Å². The van der Waals surface area contributed by atoms with Gasteiger partial charge in [-0.15, -0.1) is 0 Å². The number of rotatable bonds is 5. The van der Waals surface area contributed by atoms with Gasteiger partial charge in [0.15, 0.2) is 0 Å². The maximum atomic E-state index is 13.4. The minimum atomic E-state index is -0.261. The van der Waals surface area contributed by atoms with E-state index in [0.29, 0.717) is 19.8 Å². The minimum absolute atomic E-state index is 0.111. The molecule has 5 rings (SSSR count). The molecule has 2 heterocycles. The Kier molecular flexibility index (Phi) is 4.77. The molecule has 0 aliphatic carbocycles. The molecule has 1 amide bonds. The molecule has 0 saturated carbocycles. The second kappa shape index (κ2) is 7.72. The Bertz CT molecular complexity index is 1140. The maximum Gasteiger partial charge on any atom is 0.245 e. The van der Waals surface area contributed by atoms with Gasteiger partial charge in [-0.2, -0.15) is 15.0 Å². The molecular weight excluding hydrogens is 374 g/mol. The fraction of sp³-hybridized carbons (Fsp3) is 0.208. The third-order valence-corrected chi connectivity index (χ3v) is 5.57. The zero-order valence-electron chi connectivity index (χ0n) is 16.8. The molecule has 1 aromatic heterocycles. The summed E-state index contributed by atoms with van der Waals surface area (Å²) in [6.45, 7) is 3.02. The van der Waals surface area contributed by atoms with E-state index in [2.05, 4.69) is 27.2 Å². The molecule has 3 aromatic carbocycles. The summed E-state index contributed by atoms with van der Waals surface area (Å²) in [6.07, 6.45) is 0.656. The van der Waals surface area contributed by atoms with E-state index >= 15 is 0 Å². The van der Waals surface area contributed by atoms with Crippen molar-refractivity contribution in [3.05, 3.63) is 90.0 Å². The Morgan fingerprint density at radius 3 is 2.17 bits per heavy atom. The zero-order valence-corrected chi connectivity index (χ0v) is 16.8. The van der Waals surface area contributed by atoms with E-state index in [9.17, 15) is 4.79 Å². The molecule has 30 heavy (non-hydrogen) atoms. The average Bonchev–Trinajstić information content (AvgIpc) is 3.31. The summed E-state index contributed by atoms with van der Waals surface area (Å²) in [4.78, 5) is 19.1. The van der Waals surface area contributed by atoms with Gasteiger partial charge >= 0.3 is 0 Å². The highest BCUT2D eigenvalue weighted by molar-refractivity contribution is 5.99. The van der Waals surface area contributed by atoms with Crippen LogP contribution in [0.25, 0.3) is 11.0 Å². The molecular formula is C24H23N5O. The Hall–Kier alpha value is -3.51. The summed E-state index contributed by atoms with van der Waals surface area (Å²) in [7, 11) is 0. The lowest BCUT2D eigenvalue weighted by Crippen LogP contribution is -2.37. The van der Waals surface area contributed by atoms with Gasteiger partial charge in [0.1, 0.15) is 17.7 Å². The van der Waals surface area contributed by atoms with Gasteiger partial charge in [-0.05, 0) is 43.2 Å². The number of aryl methyl sites for hydroxylation is 1. The molecule has 1 saturated heterocycles. The van der Waals surface area contributed by atoms with Crippen LogP contribution in [0.15, 0.2) is 78.9 Å². The van der Waals surface area contributed by atoms with Crippen molar-refractivity contribution in [1.29, 1.82) is 0 Å². The van der Waals surface area contributed by atoms with Gasteiger partial charge in [-0.3, -0.25) is 14.6 Å². The van der Waals surface area contributed by atoms with E-state index in [1.54, 1.807) is 4.80 Å². The van der Waals surface area contributed by atoms with Gasteiger partial charge in [-0.1, -0.05) is 60.2 Å². The molecule has 6 nitrogen and oxygen atoms in total. The standard InChI is InChI=1S/C24H23N5O/c1-18-11-13-20(14-12-18)28-16-27(17-29-25-21-9-5-6-10-22(21)26-29)23(24(28)30)15-19-7-3-2-4-8-19/h2-14,23H,15-17H2,1H3/t23-/m0/s1. The largest absolute Gasteiger partial charge is 0.297 e. The Morgan fingerprint density at radius 1 is 0.867 bits per heavy atom. The van der Waals surface area contributed by atoms with E-state index in [0.717, 1.165) is 22.3 Å². The van der Waals surface area contributed by atoms with Crippen LogP contribution < -0.4 is 4.90 Å². The molecule has 4 aromatic rings. The van der Waals surface area contributed by atoms with Gasteiger partial charge in [0, 0.05) is 5.69 Å². The molecule has 1 aliphatic rings. The summed E-state index contributed by atoms with van der Waals surface area (Å²) in [5, 5.41) is 9.17. The van der Waals surface area contributed by atoms with Crippen LogP contribution >= 0.6 is 0 Å². The predicted octanol–water partition coefficient (Wildman–Crippen LogP) is 3.61. The number of hydrogen-bond acceptors (Lipinski definition) is 4. The second-order valence-electron chi connectivity index (χ2n) is 7.74. The van der Waals surface area contributed by atoms with Gasteiger partial charge in [0.2, 0.25) is 5.91 Å². The SMILES string of the molecule is Cc1ccc(N2CN(Cn3nc4ccccc4n3)[C@@H](Cc3ccccc3)C2=O)cc1. The number of nitrogens with zero attached hydrogens (tertiary/aromatic N) is 5. The van der Waals surface area contributed by atoms with E-state index in [1.807, 2.05) is 78.6 Å². The van der Waals surface area contributed by atoms with Crippen molar-refractivity contribution in [2.24, 2.45) is 0 Å². The lowest BCUT2D eigenvalue weighted by molar-refractivity contribution is -0.120. The van der Waals surface area contributed by atoms with Crippen LogP contribution in [0, 0.1) is 6.92 Å². The lowest BCUT2D eigenvalue weighted by Gasteiger charge is -2.20. The number of fused-ring (bicyclic) bond motifs is 1. The molecule has 0 unspecified atom stereocenters. The number of aromatic nitrogens is 3. The molecule has 1 aliphatic heterocycles. The summed E-state index contributed by atoms with van der Waals surface area (Å²) < 4.78 is 0. The van der Waals surface area contributed by atoms with Crippen molar-refractivity contribution in [3.63, 3.8) is 0 Å². The Morgan fingerprint density at radius 2 is 1.50 bits per heavy atom. The Labute approximate surface area is 175 Å². The molecule has 1 fully saturated rings. The van der Waals surface area contributed by atoms with Crippen LogP contribution in [0.5, 0.6) is 0 Å². The molecule has 6 heteroatoms. The van der Waals surface area contributed by atoms with Crippen molar-refractivity contribution in [1.82, 2.24) is 19.9 Å². The van der Waals surface area contributed by atoms with Crippen LogP contribution in [0.1, 0.15) is 11.1 Å². The molecule has 0 radical (unpaired) electrons. The quantitative estimate of drug-likeness (QED) is 0.516. The average molecular weight is 397 g/mol. The number of carbonyl (C=O) groups is 1. The number of hydrogen-bond donors (Lipinski definition) is 0. The van der Waals surface area contributed by atoms with E-state index in [1.165, 1.54) is 5.56 Å². The fourth-order valence-corrected chi connectivity index (χ4v) is 3.95. The van der Waals surface area contributed by atoms with Gasteiger partial charge in [0.25, 0.3) is 0 Å². The lowest BCUT2D eigenvalue weighted by atomic mass is 10.1. The first-order valence-corrected chi connectivity index (χ1v) is 10.1. The zero-order chi connectivity index (χ0) is 20.5. The van der Waals surface area contributed by atoms with E-state index in [4.69, 9.17) is 0 Å². The summed E-state index contributed by atoms with van der Waals surface area (Å²) >= 11 is 0. The third-order valence-electron chi connectivity index (χ3n) is 5.57. The van der Waals surface area contributed by atoms with Crippen LogP contribution in [-0.2, 0) is 17.9 Å². The second-order valence-corrected chi connectivity index (χ2v) is 7.74. The fourth-order valence-electron chi connectivity index (χ4n) is 3.95.